The molecule has 0 aromatic rings. The highest BCUT2D eigenvalue weighted by molar-refractivity contribution is 5.86. The van der Waals surface area contributed by atoms with Gasteiger partial charge in [-0.15, -0.1) is 0 Å². The monoisotopic (exact) mass is 336 g/mol. The van der Waals surface area contributed by atoms with E-state index in [9.17, 15) is 19.5 Å². The molecule has 2 saturated carbocycles. The molecular weight excluding hydrogens is 308 g/mol. The summed E-state index contributed by atoms with van der Waals surface area (Å²) in [5.74, 6) is -0.482. The highest BCUT2D eigenvalue weighted by Crippen LogP contribution is 2.44. The van der Waals surface area contributed by atoms with Gasteiger partial charge in [0.25, 0.3) is 0 Å². The van der Waals surface area contributed by atoms with Crippen molar-refractivity contribution in [2.75, 3.05) is 26.2 Å². The number of aliphatic carboxylic acids is 1. The SMILES string of the molecule is O=C(CC1(C(=O)O)CCC1)N1CCN(C(=O)C2CCCCC2)CC1. The fourth-order valence-corrected chi connectivity index (χ4v) is 4.26. The first-order valence-electron chi connectivity index (χ1n) is 9.32. The van der Waals surface area contributed by atoms with Crippen LogP contribution in [-0.2, 0) is 14.4 Å². The van der Waals surface area contributed by atoms with Crippen LogP contribution in [0.15, 0.2) is 0 Å². The molecule has 6 heteroatoms. The molecule has 2 amide bonds. The summed E-state index contributed by atoms with van der Waals surface area (Å²) in [6.07, 6.45) is 7.73. The Labute approximate surface area is 143 Å². The molecule has 2 aliphatic carbocycles. The van der Waals surface area contributed by atoms with Crippen LogP contribution < -0.4 is 0 Å². The zero-order valence-electron chi connectivity index (χ0n) is 14.3. The fraction of sp³-hybridized carbons (Fsp3) is 0.833. The Hall–Kier alpha value is -1.59. The predicted molar refractivity (Wildman–Crippen MR) is 88.3 cm³/mol. The normalized spacial score (nSPS) is 24.3. The molecule has 3 rings (SSSR count). The van der Waals surface area contributed by atoms with Crippen molar-refractivity contribution < 1.29 is 19.5 Å². The molecule has 0 aromatic carbocycles. The molecule has 3 fully saturated rings. The molecule has 24 heavy (non-hydrogen) atoms. The first kappa shape index (κ1) is 17.2. The Balaban J connectivity index is 1.48. The first-order chi connectivity index (χ1) is 11.5. The van der Waals surface area contributed by atoms with Crippen molar-refractivity contribution in [3.8, 4) is 0 Å². The minimum absolute atomic E-state index is 0.0677. The van der Waals surface area contributed by atoms with Crippen molar-refractivity contribution in [3.05, 3.63) is 0 Å². The number of carboxylic acid groups (broad SMARTS) is 1. The number of carboxylic acids is 1. The summed E-state index contributed by atoms with van der Waals surface area (Å²) >= 11 is 0. The minimum atomic E-state index is -0.840. The topological polar surface area (TPSA) is 77.9 Å². The molecule has 0 unspecified atom stereocenters. The van der Waals surface area contributed by atoms with Crippen LogP contribution >= 0.6 is 0 Å². The quantitative estimate of drug-likeness (QED) is 0.850. The third kappa shape index (κ3) is 3.42. The number of hydrogen-bond donors (Lipinski definition) is 1. The molecule has 0 spiro atoms. The zero-order chi connectivity index (χ0) is 17.2. The lowest BCUT2D eigenvalue weighted by Gasteiger charge is -2.41. The maximum atomic E-state index is 12.5. The molecule has 1 N–H and O–H groups in total. The van der Waals surface area contributed by atoms with Gasteiger partial charge < -0.3 is 14.9 Å². The summed E-state index contributed by atoms with van der Waals surface area (Å²) in [6.45, 7) is 2.24. The maximum Gasteiger partial charge on any atom is 0.310 e. The van der Waals surface area contributed by atoms with Gasteiger partial charge in [-0.25, -0.2) is 0 Å². The largest absolute Gasteiger partial charge is 0.481 e. The lowest BCUT2D eigenvalue weighted by atomic mass is 9.66. The number of carbonyl (C=O) groups is 3. The van der Waals surface area contributed by atoms with Gasteiger partial charge in [-0.05, 0) is 25.7 Å². The smallest absolute Gasteiger partial charge is 0.310 e. The number of piperazine rings is 1. The van der Waals surface area contributed by atoms with Gasteiger partial charge in [0.05, 0.1) is 5.41 Å². The molecule has 3 aliphatic rings. The molecule has 0 atom stereocenters. The van der Waals surface area contributed by atoms with Crippen molar-refractivity contribution in [2.24, 2.45) is 11.3 Å². The van der Waals surface area contributed by atoms with Crippen LogP contribution in [0.5, 0.6) is 0 Å². The molecule has 0 radical (unpaired) electrons. The van der Waals surface area contributed by atoms with Crippen molar-refractivity contribution >= 4 is 17.8 Å². The van der Waals surface area contributed by atoms with E-state index in [0.717, 1.165) is 32.1 Å². The van der Waals surface area contributed by atoms with E-state index in [2.05, 4.69) is 0 Å². The molecule has 0 bridgehead atoms. The second-order valence-corrected chi connectivity index (χ2v) is 7.66. The summed E-state index contributed by atoms with van der Waals surface area (Å²) in [7, 11) is 0. The molecular formula is C18H28N2O4. The van der Waals surface area contributed by atoms with Crippen LogP contribution in [0.3, 0.4) is 0 Å². The summed E-state index contributed by atoms with van der Waals surface area (Å²) in [5.41, 5.74) is -0.827. The average molecular weight is 336 g/mol. The Morgan fingerprint density at radius 3 is 1.96 bits per heavy atom. The standard InChI is InChI=1S/C18H28N2O4/c21-15(13-18(17(23)24)7-4-8-18)19-9-11-20(12-10-19)16(22)14-5-2-1-3-6-14/h14H,1-13H2,(H,23,24). The first-order valence-corrected chi connectivity index (χ1v) is 9.32. The van der Waals surface area contributed by atoms with Crippen LogP contribution in [-0.4, -0.2) is 58.9 Å². The van der Waals surface area contributed by atoms with Crippen molar-refractivity contribution in [3.63, 3.8) is 0 Å². The lowest BCUT2D eigenvalue weighted by molar-refractivity contribution is -0.160. The summed E-state index contributed by atoms with van der Waals surface area (Å²) in [6, 6.07) is 0. The van der Waals surface area contributed by atoms with Crippen molar-refractivity contribution in [1.82, 2.24) is 9.80 Å². The molecule has 1 saturated heterocycles. The number of carbonyl (C=O) groups excluding carboxylic acids is 2. The van der Waals surface area contributed by atoms with Crippen molar-refractivity contribution in [1.29, 1.82) is 0 Å². The number of amides is 2. The zero-order valence-corrected chi connectivity index (χ0v) is 14.3. The average Bonchev–Trinajstić information content (AvgIpc) is 2.58. The van der Waals surface area contributed by atoms with Crippen LogP contribution in [0.25, 0.3) is 0 Å². The third-order valence-electron chi connectivity index (χ3n) is 6.15. The van der Waals surface area contributed by atoms with E-state index in [1.165, 1.54) is 6.42 Å². The van der Waals surface area contributed by atoms with Gasteiger partial charge in [-0.2, -0.15) is 0 Å². The Bertz CT molecular complexity index is 501. The number of nitrogens with zero attached hydrogens (tertiary/aromatic N) is 2. The van der Waals surface area contributed by atoms with Crippen LogP contribution in [0.2, 0.25) is 0 Å². The summed E-state index contributed by atoms with van der Waals surface area (Å²) < 4.78 is 0. The van der Waals surface area contributed by atoms with Gasteiger partial charge in [0.15, 0.2) is 0 Å². The molecule has 1 aliphatic heterocycles. The highest BCUT2D eigenvalue weighted by atomic mass is 16.4. The van der Waals surface area contributed by atoms with Crippen LogP contribution in [0.1, 0.15) is 57.8 Å². The minimum Gasteiger partial charge on any atom is -0.481 e. The van der Waals surface area contributed by atoms with Crippen LogP contribution in [0.4, 0.5) is 0 Å². The fourth-order valence-electron chi connectivity index (χ4n) is 4.26. The van der Waals surface area contributed by atoms with E-state index in [-0.39, 0.29) is 24.2 Å². The van der Waals surface area contributed by atoms with Crippen molar-refractivity contribution in [2.45, 2.75) is 57.8 Å². The van der Waals surface area contributed by atoms with E-state index < -0.39 is 11.4 Å². The number of hydrogen-bond acceptors (Lipinski definition) is 3. The van der Waals surface area contributed by atoms with E-state index in [0.29, 0.717) is 39.0 Å². The highest BCUT2D eigenvalue weighted by Gasteiger charge is 2.46. The van der Waals surface area contributed by atoms with Gasteiger partial charge in [-0.3, -0.25) is 14.4 Å². The molecule has 1 heterocycles. The van der Waals surface area contributed by atoms with Gasteiger partial charge in [0, 0.05) is 38.5 Å². The van der Waals surface area contributed by atoms with Gasteiger partial charge in [-0.1, -0.05) is 25.7 Å². The lowest BCUT2D eigenvalue weighted by Crippen LogP contribution is -2.53. The molecule has 134 valence electrons. The van der Waals surface area contributed by atoms with E-state index in [4.69, 9.17) is 0 Å². The van der Waals surface area contributed by atoms with E-state index in [1.807, 2.05) is 4.90 Å². The Morgan fingerprint density at radius 1 is 0.875 bits per heavy atom. The molecule has 0 aromatic heterocycles. The summed E-state index contributed by atoms with van der Waals surface area (Å²) in [4.78, 5) is 40.1. The second-order valence-electron chi connectivity index (χ2n) is 7.66. The van der Waals surface area contributed by atoms with E-state index in [1.54, 1.807) is 4.90 Å². The second kappa shape index (κ2) is 7.11. The Morgan fingerprint density at radius 2 is 1.46 bits per heavy atom. The van der Waals surface area contributed by atoms with Gasteiger partial charge >= 0.3 is 5.97 Å². The van der Waals surface area contributed by atoms with Gasteiger partial charge in [0.2, 0.25) is 11.8 Å². The summed E-state index contributed by atoms with van der Waals surface area (Å²) in [5, 5.41) is 9.37. The number of rotatable bonds is 4. The molecule has 6 nitrogen and oxygen atoms in total. The van der Waals surface area contributed by atoms with Crippen LogP contribution in [0, 0.1) is 11.3 Å². The maximum absolute atomic E-state index is 12.5. The third-order valence-corrected chi connectivity index (χ3v) is 6.15. The van der Waals surface area contributed by atoms with E-state index >= 15 is 0 Å². The predicted octanol–water partition coefficient (Wildman–Crippen LogP) is 1.88. The van der Waals surface area contributed by atoms with Gasteiger partial charge in [0.1, 0.15) is 0 Å². The Kier molecular flexibility index (Phi) is 5.11.